The molecule has 0 fully saturated rings. The molecular weight excluding hydrogens is 220 g/mol. The molecule has 94 valence electrons. The van der Waals surface area contributed by atoms with Gasteiger partial charge in [0.05, 0.1) is 0 Å². The highest BCUT2D eigenvalue weighted by molar-refractivity contribution is 5.16. The highest BCUT2D eigenvalue weighted by atomic mass is 15.2. The third kappa shape index (κ3) is 2.21. The van der Waals surface area contributed by atoms with Crippen LogP contribution in [0.2, 0.25) is 0 Å². The Bertz CT molecular complexity index is 501. The van der Waals surface area contributed by atoms with Gasteiger partial charge < -0.3 is 4.57 Å². The zero-order valence-electron chi connectivity index (χ0n) is 10.9. The van der Waals surface area contributed by atoms with E-state index in [0.29, 0.717) is 6.04 Å². The molecule has 0 amide bonds. The first-order valence-corrected chi connectivity index (χ1v) is 6.77. The Morgan fingerprint density at radius 2 is 1.89 bits per heavy atom. The third-order valence-electron chi connectivity index (χ3n) is 4.00. The molecule has 1 unspecified atom stereocenters. The monoisotopic (exact) mass is 240 g/mol. The summed E-state index contributed by atoms with van der Waals surface area (Å²) in [6.45, 7) is 5.75. The molecule has 0 aliphatic carbocycles. The fourth-order valence-corrected chi connectivity index (χ4v) is 2.85. The van der Waals surface area contributed by atoms with Crippen LogP contribution in [0.5, 0.6) is 0 Å². The number of rotatable bonds is 3. The maximum absolute atomic E-state index is 2.59. The standard InChI is InChI=1S/C16H20N2/c1-14-16-8-5-10-18(16)13-12-17(14)11-9-15-6-3-2-4-7-15/h2-8,10,14H,9,11-13H2,1H3. The Morgan fingerprint density at radius 3 is 2.72 bits per heavy atom. The minimum Gasteiger partial charge on any atom is -0.349 e. The molecule has 1 aliphatic heterocycles. The maximum Gasteiger partial charge on any atom is 0.0473 e. The van der Waals surface area contributed by atoms with E-state index in [4.69, 9.17) is 0 Å². The fourth-order valence-electron chi connectivity index (χ4n) is 2.85. The van der Waals surface area contributed by atoms with Gasteiger partial charge in [-0.05, 0) is 31.0 Å². The quantitative estimate of drug-likeness (QED) is 0.800. The summed E-state index contributed by atoms with van der Waals surface area (Å²) < 4.78 is 2.38. The van der Waals surface area contributed by atoms with Gasteiger partial charge in [-0.1, -0.05) is 30.3 Å². The highest BCUT2D eigenvalue weighted by Crippen LogP contribution is 2.25. The molecular formula is C16H20N2. The van der Waals surface area contributed by atoms with E-state index in [1.165, 1.54) is 11.3 Å². The number of hydrogen-bond acceptors (Lipinski definition) is 1. The minimum absolute atomic E-state index is 0.539. The summed E-state index contributed by atoms with van der Waals surface area (Å²) in [6.07, 6.45) is 3.34. The largest absolute Gasteiger partial charge is 0.349 e. The molecule has 2 nitrogen and oxygen atoms in total. The van der Waals surface area contributed by atoms with Crippen LogP contribution in [0.25, 0.3) is 0 Å². The topological polar surface area (TPSA) is 8.17 Å². The smallest absolute Gasteiger partial charge is 0.0473 e. The van der Waals surface area contributed by atoms with Crippen LogP contribution in [0.1, 0.15) is 24.2 Å². The van der Waals surface area contributed by atoms with Crippen molar-refractivity contribution in [3.8, 4) is 0 Å². The predicted octanol–water partition coefficient (Wildman–Crippen LogP) is 3.11. The van der Waals surface area contributed by atoms with Gasteiger partial charge >= 0.3 is 0 Å². The van der Waals surface area contributed by atoms with Crippen molar-refractivity contribution >= 4 is 0 Å². The first-order valence-electron chi connectivity index (χ1n) is 6.77. The number of fused-ring (bicyclic) bond motifs is 1. The first kappa shape index (κ1) is 11.5. The van der Waals surface area contributed by atoms with Gasteiger partial charge in [0.25, 0.3) is 0 Å². The number of nitrogens with zero attached hydrogens (tertiary/aromatic N) is 2. The van der Waals surface area contributed by atoms with E-state index < -0.39 is 0 Å². The lowest BCUT2D eigenvalue weighted by Gasteiger charge is -2.34. The molecule has 1 aromatic heterocycles. The molecule has 0 radical (unpaired) electrons. The van der Waals surface area contributed by atoms with Crippen LogP contribution < -0.4 is 0 Å². The zero-order valence-corrected chi connectivity index (χ0v) is 10.9. The van der Waals surface area contributed by atoms with Crippen molar-refractivity contribution < 1.29 is 0 Å². The second kappa shape index (κ2) is 4.99. The fraction of sp³-hybridized carbons (Fsp3) is 0.375. The second-order valence-electron chi connectivity index (χ2n) is 5.07. The van der Waals surface area contributed by atoms with E-state index in [2.05, 4.69) is 65.1 Å². The summed E-state index contributed by atoms with van der Waals surface area (Å²) in [5.74, 6) is 0. The maximum atomic E-state index is 2.59. The van der Waals surface area contributed by atoms with Crippen LogP contribution in [0.15, 0.2) is 48.7 Å². The summed E-state index contributed by atoms with van der Waals surface area (Å²) in [5.41, 5.74) is 2.89. The molecule has 0 bridgehead atoms. The van der Waals surface area contributed by atoms with E-state index in [0.717, 1.165) is 26.1 Å². The molecule has 0 saturated carbocycles. The molecule has 1 aliphatic rings. The van der Waals surface area contributed by atoms with E-state index in [1.54, 1.807) is 0 Å². The summed E-state index contributed by atoms with van der Waals surface area (Å²) in [7, 11) is 0. The van der Waals surface area contributed by atoms with Crippen LogP contribution in [0.3, 0.4) is 0 Å². The summed E-state index contributed by atoms with van der Waals surface area (Å²) in [6, 6.07) is 15.7. The molecule has 0 saturated heterocycles. The van der Waals surface area contributed by atoms with Gasteiger partial charge in [0.15, 0.2) is 0 Å². The van der Waals surface area contributed by atoms with Crippen molar-refractivity contribution in [3.05, 3.63) is 59.9 Å². The predicted molar refractivity (Wildman–Crippen MR) is 74.6 cm³/mol. The SMILES string of the molecule is CC1c2cccn2CCN1CCc1ccccc1. The van der Waals surface area contributed by atoms with E-state index in [1.807, 2.05) is 0 Å². The Hall–Kier alpha value is -1.54. The molecule has 2 aromatic rings. The van der Waals surface area contributed by atoms with Crippen molar-refractivity contribution in [2.75, 3.05) is 13.1 Å². The van der Waals surface area contributed by atoms with Crippen molar-refractivity contribution in [3.63, 3.8) is 0 Å². The van der Waals surface area contributed by atoms with Gasteiger partial charge in [-0.25, -0.2) is 0 Å². The Balaban J connectivity index is 1.65. The highest BCUT2D eigenvalue weighted by Gasteiger charge is 2.22. The Labute approximate surface area is 109 Å². The third-order valence-corrected chi connectivity index (χ3v) is 4.00. The van der Waals surface area contributed by atoms with Crippen LogP contribution >= 0.6 is 0 Å². The molecule has 2 heterocycles. The van der Waals surface area contributed by atoms with Gasteiger partial charge in [-0.15, -0.1) is 0 Å². The van der Waals surface area contributed by atoms with E-state index in [9.17, 15) is 0 Å². The van der Waals surface area contributed by atoms with Crippen molar-refractivity contribution in [1.29, 1.82) is 0 Å². The summed E-state index contributed by atoms with van der Waals surface area (Å²) in [4.78, 5) is 2.59. The summed E-state index contributed by atoms with van der Waals surface area (Å²) >= 11 is 0. The first-order chi connectivity index (χ1) is 8.84. The lowest BCUT2D eigenvalue weighted by molar-refractivity contribution is 0.171. The number of hydrogen-bond donors (Lipinski definition) is 0. The summed E-state index contributed by atoms with van der Waals surface area (Å²) in [5, 5.41) is 0. The number of benzene rings is 1. The lowest BCUT2D eigenvalue weighted by Crippen LogP contribution is -2.37. The average Bonchev–Trinajstić information content (AvgIpc) is 2.88. The van der Waals surface area contributed by atoms with Crippen molar-refractivity contribution in [2.24, 2.45) is 0 Å². The van der Waals surface area contributed by atoms with Crippen LogP contribution in [-0.2, 0) is 13.0 Å². The van der Waals surface area contributed by atoms with Gasteiger partial charge in [0.1, 0.15) is 0 Å². The van der Waals surface area contributed by atoms with Crippen LogP contribution in [0, 0.1) is 0 Å². The Kier molecular flexibility index (Phi) is 3.20. The van der Waals surface area contributed by atoms with Gasteiger partial charge in [0.2, 0.25) is 0 Å². The van der Waals surface area contributed by atoms with Gasteiger partial charge in [-0.2, -0.15) is 0 Å². The van der Waals surface area contributed by atoms with Gasteiger partial charge in [-0.3, -0.25) is 4.90 Å². The molecule has 18 heavy (non-hydrogen) atoms. The van der Waals surface area contributed by atoms with E-state index >= 15 is 0 Å². The molecule has 1 atom stereocenters. The molecule has 0 N–H and O–H groups in total. The normalized spacial score (nSPS) is 19.7. The van der Waals surface area contributed by atoms with Crippen molar-refractivity contribution in [2.45, 2.75) is 25.9 Å². The van der Waals surface area contributed by atoms with E-state index in [-0.39, 0.29) is 0 Å². The van der Waals surface area contributed by atoms with Gasteiger partial charge in [0, 0.05) is 37.6 Å². The van der Waals surface area contributed by atoms with Crippen LogP contribution in [0.4, 0.5) is 0 Å². The molecule has 2 heteroatoms. The average molecular weight is 240 g/mol. The molecule has 3 rings (SSSR count). The Morgan fingerprint density at radius 1 is 1.06 bits per heavy atom. The molecule has 1 aromatic carbocycles. The molecule has 0 spiro atoms. The lowest BCUT2D eigenvalue weighted by atomic mass is 10.1. The zero-order chi connectivity index (χ0) is 12.4. The van der Waals surface area contributed by atoms with Crippen molar-refractivity contribution in [1.82, 2.24) is 9.47 Å². The second-order valence-corrected chi connectivity index (χ2v) is 5.07. The minimum atomic E-state index is 0.539. The van der Waals surface area contributed by atoms with Crippen LogP contribution in [-0.4, -0.2) is 22.6 Å². The number of aromatic nitrogens is 1.